The molecule has 2 N–H and O–H groups in total. The Morgan fingerprint density at radius 1 is 1.64 bits per heavy atom. The smallest absolute Gasteiger partial charge is 0.321 e. The molecule has 1 rings (SSSR count). The van der Waals surface area contributed by atoms with Gasteiger partial charge in [0, 0.05) is 6.54 Å². The van der Waals surface area contributed by atoms with Crippen molar-refractivity contribution in [1.29, 1.82) is 0 Å². The van der Waals surface area contributed by atoms with Gasteiger partial charge in [0.05, 0.1) is 0 Å². The van der Waals surface area contributed by atoms with Crippen LogP contribution in [-0.4, -0.2) is 23.7 Å². The topological polar surface area (TPSA) is 49.3 Å². The molecule has 14 heavy (non-hydrogen) atoms. The standard InChI is InChI=1S/C11H15NO2/c1-3-5-9-7-12-10(11(13)14)6-8(9)4-2/h3-5,10,12H,1,6-7H2,2H3,(H,13,14)/b8-4-,9-5-. The zero-order chi connectivity index (χ0) is 10.6. The summed E-state index contributed by atoms with van der Waals surface area (Å²) in [6.07, 6.45) is 6.15. The molecule has 0 amide bonds. The van der Waals surface area contributed by atoms with Gasteiger partial charge in [0.25, 0.3) is 0 Å². The maximum Gasteiger partial charge on any atom is 0.321 e. The molecular weight excluding hydrogens is 178 g/mol. The van der Waals surface area contributed by atoms with Crippen LogP contribution in [-0.2, 0) is 4.79 Å². The van der Waals surface area contributed by atoms with Crippen LogP contribution in [0.5, 0.6) is 0 Å². The summed E-state index contributed by atoms with van der Waals surface area (Å²) in [5.74, 6) is -0.790. The average Bonchev–Trinajstić information content (AvgIpc) is 2.18. The van der Waals surface area contributed by atoms with Crippen LogP contribution in [0.3, 0.4) is 0 Å². The minimum atomic E-state index is -0.790. The highest BCUT2D eigenvalue weighted by atomic mass is 16.4. The summed E-state index contributed by atoms with van der Waals surface area (Å²) in [6, 6.07) is -0.455. The SMILES string of the molecule is C=C/C=C1/CNC(C(=O)O)C/C1=C/C. The molecule has 1 aliphatic heterocycles. The van der Waals surface area contributed by atoms with Crippen LogP contribution in [0, 0.1) is 0 Å². The molecule has 1 aliphatic rings. The van der Waals surface area contributed by atoms with Gasteiger partial charge in [-0.2, -0.15) is 0 Å². The third-order valence-corrected chi connectivity index (χ3v) is 2.34. The molecule has 0 radical (unpaired) electrons. The van der Waals surface area contributed by atoms with Crippen LogP contribution in [0.15, 0.2) is 36.0 Å². The Hall–Kier alpha value is -1.35. The lowest BCUT2D eigenvalue weighted by atomic mass is 9.93. The minimum absolute atomic E-state index is 0.455. The molecule has 1 atom stereocenters. The summed E-state index contributed by atoms with van der Waals surface area (Å²) in [5, 5.41) is 11.8. The van der Waals surface area contributed by atoms with Crippen LogP contribution in [0.2, 0.25) is 0 Å². The molecule has 1 unspecified atom stereocenters. The fourth-order valence-corrected chi connectivity index (χ4v) is 1.56. The molecule has 1 saturated heterocycles. The van der Waals surface area contributed by atoms with Gasteiger partial charge in [-0.3, -0.25) is 4.79 Å². The minimum Gasteiger partial charge on any atom is -0.480 e. The Labute approximate surface area is 83.8 Å². The zero-order valence-corrected chi connectivity index (χ0v) is 8.29. The van der Waals surface area contributed by atoms with E-state index in [0.717, 1.165) is 11.1 Å². The Bertz CT molecular complexity index is 302. The summed E-state index contributed by atoms with van der Waals surface area (Å²) < 4.78 is 0. The molecule has 3 heteroatoms. The molecule has 0 aromatic carbocycles. The molecule has 0 aromatic rings. The predicted molar refractivity (Wildman–Crippen MR) is 56.1 cm³/mol. The van der Waals surface area contributed by atoms with E-state index >= 15 is 0 Å². The Morgan fingerprint density at radius 2 is 2.36 bits per heavy atom. The largest absolute Gasteiger partial charge is 0.480 e. The van der Waals surface area contributed by atoms with Crippen molar-refractivity contribution in [3.05, 3.63) is 36.0 Å². The van der Waals surface area contributed by atoms with Crippen LogP contribution in [0.1, 0.15) is 13.3 Å². The Balaban J connectivity index is 2.79. The molecule has 0 spiro atoms. The number of carboxylic acid groups (broad SMARTS) is 1. The van der Waals surface area contributed by atoms with E-state index in [1.54, 1.807) is 6.08 Å². The predicted octanol–water partition coefficient (Wildman–Crippen LogP) is 1.49. The van der Waals surface area contributed by atoms with Crippen LogP contribution in [0.25, 0.3) is 0 Å². The highest BCUT2D eigenvalue weighted by molar-refractivity contribution is 5.74. The first-order valence-corrected chi connectivity index (χ1v) is 4.62. The van der Waals surface area contributed by atoms with Gasteiger partial charge in [0.1, 0.15) is 6.04 Å². The molecule has 76 valence electrons. The molecule has 0 aliphatic carbocycles. The van der Waals surface area contributed by atoms with Crippen LogP contribution in [0.4, 0.5) is 0 Å². The first-order chi connectivity index (χ1) is 6.69. The third kappa shape index (κ3) is 2.33. The van der Waals surface area contributed by atoms with Gasteiger partial charge in [0.15, 0.2) is 0 Å². The highest BCUT2D eigenvalue weighted by Gasteiger charge is 2.24. The fraction of sp³-hybridized carbons (Fsp3) is 0.364. The van der Waals surface area contributed by atoms with Crippen LogP contribution >= 0.6 is 0 Å². The number of carbonyl (C=O) groups is 1. The third-order valence-electron chi connectivity index (χ3n) is 2.34. The van der Waals surface area contributed by atoms with Crippen molar-refractivity contribution in [3.8, 4) is 0 Å². The Morgan fingerprint density at radius 3 is 2.86 bits per heavy atom. The summed E-state index contributed by atoms with van der Waals surface area (Å²) >= 11 is 0. The molecule has 3 nitrogen and oxygen atoms in total. The number of rotatable bonds is 2. The summed E-state index contributed by atoms with van der Waals surface area (Å²) in [4.78, 5) is 10.8. The van der Waals surface area contributed by atoms with Gasteiger partial charge in [-0.25, -0.2) is 0 Å². The van der Waals surface area contributed by atoms with E-state index < -0.39 is 12.0 Å². The summed E-state index contributed by atoms with van der Waals surface area (Å²) in [6.45, 7) is 6.16. The van der Waals surface area contributed by atoms with E-state index in [0.29, 0.717) is 13.0 Å². The van der Waals surface area contributed by atoms with Crippen molar-refractivity contribution in [2.24, 2.45) is 0 Å². The van der Waals surface area contributed by atoms with E-state index in [-0.39, 0.29) is 0 Å². The number of piperidine rings is 1. The fourth-order valence-electron chi connectivity index (χ4n) is 1.56. The number of aliphatic carboxylic acids is 1. The van der Waals surface area contributed by atoms with Crippen molar-refractivity contribution < 1.29 is 9.90 Å². The van der Waals surface area contributed by atoms with Gasteiger partial charge >= 0.3 is 5.97 Å². The normalized spacial score (nSPS) is 27.9. The monoisotopic (exact) mass is 193 g/mol. The van der Waals surface area contributed by atoms with Gasteiger partial charge < -0.3 is 10.4 Å². The van der Waals surface area contributed by atoms with Crippen molar-refractivity contribution in [1.82, 2.24) is 5.32 Å². The van der Waals surface area contributed by atoms with Crippen molar-refractivity contribution in [3.63, 3.8) is 0 Å². The van der Waals surface area contributed by atoms with Gasteiger partial charge in [0.2, 0.25) is 0 Å². The van der Waals surface area contributed by atoms with Gasteiger partial charge in [-0.15, -0.1) is 0 Å². The second-order valence-corrected chi connectivity index (χ2v) is 3.22. The van der Waals surface area contributed by atoms with E-state index in [1.807, 2.05) is 19.1 Å². The van der Waals surface area contributed by atoms with E-state index in [1.165, 1.54) is 0 Å². The maximum atomic E-state index is 10.8. The van der Waals surface area contributed by atoms with Gasteiger partial charge in [-0.05, 0) is 24.5 Å². The second-order valence-electron chi connectivity index (χ2n) is 3.22. The number of hydrogen-bond donors (Lipinski definition) is 2. The molecule has 0 saturated carbocycles. The number of carboxylic acids is 1. The first-order valence-electron chi connectivity index (χ1n) is 4.62. The van der Waals surface area contributed by atoms with Crippen molar-refractivity contribution >= 4 is 5.97 Å². The molecule has 0 bridgehead atoms. The number of allylic oxidation sites excluding steroid dienone is 3. The van der Waals surface area contributed by atoms with E-state index in [4.69, 9.17) is 5.11 Å². The molecular formula is C11H15NO2. The van der Waals surface area contributed by atoms with Crippen molar-refractivity contribution in [2.75, 3.05) is 6.54 Å². The van der Waals surface area contributed by atoms with Crippen LogP contribution < -0.4 is 5.32 Å². The van der Waals surface area contributed by atoms with E-state index in [9.17, 15) is 4.79 Å². The number of nitrogens with one attached hydrogen (secondary N) is 1. The highest BCUT2D eigenvalue weighted by Crippen LogP contribution is 2.20. The second kappa shape index (κ2) is 4.77. The van der Waals surface area contributed by atoms with Gasteiger partial charge in [-0.1, -0.05) is 24.8 Å². The maximum absolute atomic E-state index is 10.8. The van der Waals surface area contributed by atoms with E-state index in [2.05, 4.69) is 11.9 Å². The lowest BCUT2D eigenvalue weighted by molar-refractivity contribution is -0.139. The molecule has 1 heterocycles. The first kappa shape index (κ1) is 10.7. The lowest BCUT2D eigenvalue weighted by Crippen LogP contribution is -2.42. The zero-order valence-electron chi connectivity index (χ0n) is 8.29. The molecule has 0 aromatic heterocycles. The van der Waals surface area contributed by atoms with Crippen molar-refractivity contribution in [2.45, 2.75) is 19.4 Å². The molecule has 1 fully saturated rings. The Kier molecular flexibility index (Phi) is 3.65. The quantitative estimate of drug-likeness (QED) is 0.698. The summed E-state index contributed by atoms with van der Waals surface area (Å²) in [5.41, 5.74) is 2.22. The number of hydrogen-bond acceptors (Lipinski definition) is 2. The lowest BCUT2D eigenvalue weighted by Gasteiger charge is -2.24. The average molecular weight is 193 g/mol. The summed E-state index contributed by atoms with van der Waals surface area (Å²) in [7, 11) is 0.